The highest BCUT2D eigenvalue weighted by molar-refractivity contribution is 7.91. The molecule has 1 aromatic heterocycles. The van der Waals surface area contributed by atoms with E-state index in [4.69, 9.17) is 14.6 Å². The summed E-state index contributed by atoms with van der Waals surface area (Å²) in [5.41, 5.74) is 0.605. The van der Waals surface area contributed by atoms with Crippen LogP contribution >= 0.6 is 11.3 Å². The highest BCUT2D eigenvalue weighted by Gasteiger charge is 2.23. The smallest absolute Gasteiger partial charge is 0.339 e. The predicted octanol–water partition coefficient (Wildman–Crippen LogP) is 0.897. The first-order valence-corrected chi connectivity index (χ1v) is 8.18. The van der Waals surface area contributed by atoms with Gasteiger partial charge in [0.15, 0.2) is 0 Å². The van der Waals surface area contributed by atoms with Gasteiger partial charge in [0.05, 0.1) is 18.8 Å². The molecule has 1 aliphatic heterocycles. The summed E-state index contributed by atoms with van der Waals surface area (Å²) < 4.78 is 32.9. The van der Waals surface area contributed by atoms with Gasteiger partial charge >= 0.3 is 5.97 Å². The Bertz CT molecular complexity index is 572. The maximum absolute atomic E-state index is 11.9. The molecular formula is C11H15NO5S2. The van der Waals surface area contributed by atoms with Gasteiger partial charge in [0, 0.05) is 17.9 Å². The van der Waals surface area contributed by atoms with Crippen molar-refractivity contribution in [1.82, 2.24) is 0 Å². The van der Waals surface area contributed by atoms with Gasteiger partial charge in [-0.2, -0.15) is 0 Å². The average molecular weight is 305 g/mol. The van der Waals surface area contributed by atoms with Crippen molar-refractivity contribution in [3.63, 3.8) is 0 Å². The minimum absolute atomic E-state index is 0.00338. The van der Waals surface area contributed by atoms with Gasteiger partial charge in [-0.1, -0.05) is 0 Å². The summed E-state index contributed by atoms with van der Waals surface area (Å²) in [6, 6.07) is 0. The SMILES string of the molecule is Cc1c(C(=O)OCC2CCOC2)csc1S(N)(=O)=O. The third-order valence-corrected chi connectivity index (χ3v) is 5.63. The molecule has 1 aliphatic rings. The molecule has 1 atom stereocenters. The van der Waals surface area contributed by atoms with E-state index in [1.54, 1.807) is 6.92 Å². The second kappa shape index (κ2) is 5.58. The first kappa shape index (κ1) is 14.4. The van der Waals surface area contributed by atoms with Gasteiger partial charge in [-0.25, -0.2) is 18.4 Å². The predicted molar refractivity (Wildman–Crippen MR) is 69.6 cm³/mol. The fourth-order valence-corrected chi connectivity index (χ4v) is 3.87. The Labute approximate surface area is 115 Å². The van der Waals surface area contributed by atoms with Gasteiger partial charge < -0.3 is 9.47 Å². The Hall–Kier alpha value is -0.960. The third-order valence-electron chi connectivity index (χ3n) is 2.95. The van der Waals surface area contributed by atoms with E-state index >= 15 is 0 Å². The lowest BCUT2D eigenvalue weighted by molar-refractivity contribution is 0.0428. The molecule has 2 rings (SSSR count). The number of hydrogen-bond donors (Lipinski definition) is 1. The van der Waals surface area contributed by atoms with Crippen molar-refractivity contribution in [3.05, 3.63) is 16.5 Å². The van der Waals surface area contributed by atoms with Crippen LogP contribution in [0.1, 0.15) is 22.3 Å². The van der Waals surface area contributed by atoms with Crippen molar-refractivity contribution in [1.29, 1.82) is 0 Å². The molecule has 0 bridgehead atoms. The fourth-order valence-electron chi connectivity index (χ4n) is 1.87. The van der Waals surface area contributed by atoms with E-state index in [-0.39, 0.29) is 15.7 Å². The number of nitrogens with two attached hydrogens (primary N) is 1. The summed E-state index contributed by atoms with van der Waals surface area (Å²) in [6.45, 7) is 3.12. The lowest BCUT2D eigenvalue weighted by atomic mass is 10.1. The number of sulfonamides is 1. The first-order valence-electron chi connectivity index (χ1n) is 5.75. The lowest BCUT2D eigenvalue weighted by Crippen LogP contribution is -2.15. The molecule has 106 valence electrons. The Morgan fingerprint density at radius 1 is 1.63 bits per heavy atom. The summed E-state index contributed by atoms with van der Waals surface area (Å²) >= 11 is 0.931. The molecule has 0 aliphatic carbocycles. The van der Waals surface area contributed by atoms with Gasteiger partial charge in [0.25, 0.3) is 0 Å². The van der Waals surface area contributed by atoms with Gasteiger partial charge in [-0.05, 0) is 18.9 Å². The Morgan fingerprint density at radius 2 is 2.37 bits per heavy atom. The van der Waals surface area contributed by atoms with Crippen LogP contribution in [0.15, 0.2) is 9.59 Å². The molecule has 6 nitrogen and oxygen atoms in total. The zero-order chi connectivity index (χ0) is 14.0. The fraction of sp³-hybridized carbons (Fsp3) is 0.545. The topological polar surface area (TPSA) is 95.7 Å². The normalized spacial score (nSPS) is 19.6. The van der Waals surface area contributed by atoms with E-state index in [1.165, 1.54) is 5.38 Å². The van der Waals surface area contributed by atoms with E-state index in [2.05, 4.69) is 0 Å². The third kappa shape index (κ3) is 3.33. The summed E-state index contributed by atoms with van der Waals surface area (Å²) in [5.74, 6) is -0.295. The molecular weight excluding hydrogens is 290 g/mol. The van der Waals surface area contributed by atoms with E-state index in [9.17, 15) is 13.2 Å². The molecule has 19 heavy (non-hydrogen) atoms. The largest absolute Gasteiger partial charge is 0.462 e. The van der Waals surface area contributed by atoms with Gasteiger partial charge in [0.2, 0.25) is 10.0 Å². The standard InChI is InChI=1S/C11H15NO5S2/c1-7-9(6-18-11(7)19(12,14)15)10(13)17-5-8-2-3-16-4-8/h6,8H,2-5H2,1H3,(H2,12,14,15). The second-order valence-electron chi connectivity index (χ2n) is 4.43. The first-order chi connectivity index (χ1) is 8.89. The molecule has 0 spiro atoms. The van der Waals surface area contributed by atoms with Gasteiger partial charge in [-0.3, -0.25) is 0 Å². The molecule has 0 saturated carbocycles. The number of hydrogen-bond acceptors (Lipinski definition) is 6. The van der Waals surface area contributed by atoms with Crippen molar-refractivity contribution in [2.45, 2.75) is 17.6 Å². The van der Waals surface area contributed by atoms with Crippen molar-refractivity contribution in [2.75, 3.05) is 19.8 Å². The van der Waals surface area contributed by atoms with Crippen molar-refractivity contribution in [3.8, 4) is 0 Å². The number of carbonyl (C=O) groups is 1. The van der Waals surface area contributed by atoms with Crippen molar-refractivity contribution in [2.24, 2.45) is 11.1 Å². The highest BCUT2D eigenvalue weighted by atomic mass is 32.2. The molecule has 0 aromatic carbocycles. The van der Waals surface area contributed by atoms with Crippen LogP contribution < -0.4 is 5.14 Å². The summed E-state index contributed by atoms with van der Waals surface area (Å²) in [7, 11) is -3.79. The molecule has 1 aromatic rings. The minimum atomic E-state index is -3.79. The van der Waals surface area contributed by atoms with Gasteiger partial charge in [-0.15, -0.1) is 11.3 Å². The number of primary sulfonamides is 1. The zero-order valence-electron chi connectivity index (χ0n) is 10.4. The quantitative estimate of drug-likeness (QED) is 0.834. The van der Waals surface area contributed by atoms with E-state index < -0.39 is 16.0 Å². The monoisotopic (exact) mass is 305 g/mol. The van der Waals surface area contributed by atoms with Crippen molar-refractivity contribution < 1.29 is 22.7 Å². The van der Waals surface area contributed by atoms with Crippen LogP contribution in [0.3, 0.4) is 0 Å². The molecule has 1 fully saturated rings. The minimum Gasteiger partial charge on any atom is -0.462 e. The molecule has 1 unspecified atom stereocenters. The maximum atomic E-state index is 11.9. The number of esters is 1. The second-order valence-corrected chi connectivity index (χ2v) is 7.07. The zero-order valence-corrected chi connectivity index (χ0v) is 12.1. The van der Waals surface area contributed by atoms with Crippen LogP contribution in [-0.4, -0.2) is 34.2 Å². The summed E-state index contributed by atoms with van der Waals surface area (Å²) in [5, 5.41) is 6.52. The van der Waals surface area contributed by atoms with Crippen LogP contribution in [0.25, 0.3) is 0 Å². The molecule has 1 saturated heterocycles. The Kier molecular flexibility index (Phi) is 4.24. The molecule has 2 heterocycles. The Balaban J connectivity index is 2.05. The summed E-state index contributed by atoms with van der Waals surface area (Å²) in [6.07, 6.45) is 0.873. The van der Waals surface area contributed by atoms with Crippen LogP contribution in [0.2, 0.25) is 0 Å². The van der Waals surface area contributed by atoms with Crippen molar-refractivity contribution >= 4 is 27.3 Å². The molecule has 0 amide bonds. The van der Waals surface area contributed by atoms with Gasteiger partial charge in [0.1, 0.15) is 4.21 Å². The highest BCUT2D eigenvalue weighted by Crippen LogP contribution is 2.26. The van der Waals surface area contributed by atoms with E-state index in [0.29, 0.717) is 25.4 Å². The maximum Gasteiger partial charge on any atom is 0.339 e. The number of thiophene rings is 1. The summed E-state index contributed by atoms with van der Waals surface area (Å²) in [4.78, 5) is 11.9. The average Bonchev–Trinajstić information content (AvgIpc) is 2.93. The number of carbonyl (C=O) groups excluding carboxylic acids is 1. The van der Waals surface area contributed by atoms with Crippen LogP contribution in [-0.2, 0) is 19.5 Å². The lowest BCUT2D eigenvalue weighted by Gasteiger charge is -2.08. The van der Waals surface area contributed by atoms with Crippen LogP contribution in [0, 0.1) is 12.8 Å². The molecule has 0 radical (unpaired) electrons. The number of rotatable bonds is 4. The van der Waals surface area contributed by atoms with Crippen LogP contribution in [0.4, 0.5) is 0 Å². The van der Waals surface area contributed by atoms with Crippen LogP contribution in [0.5, 0.6) is 0 Å². The van der Waals surface area contributed by atoms with E-state index in [0.717, 1.165) is 17.8 Å². The molecule has 2 N–H and O–H groups in total. The Morgan fingerprint density at radius 3 is 2.89 bits per heavy atom. The van der Waals surface area contributed by atoms with E-state index in [1.807, 2.05) is 0 Å². The molecule has 8 heteroatoms. The number of ether oxygens (including phenoxy) is 2.